The first-order valence-corrected chi connectivity index (χ1v) is 10.4. The Morgan fingerprint density at radius 1 is 1.20 bits per heavy atom. The molecule has 0 radical (unpaired) electrons. The molecule has 0 saturated carbocycles. The molecule has 25 heavy (non-hydrogen) atoms. The van der Waals surface area contributed by atoms with Crippen LogP contribution in [0.4, 0.5) is 0 Å². The van der Waals surface area contributed by atoms with Gasteiger partial charge in [0.25, 0.3) is 5.91 Å². The summed E-state index contributed by atoms with van der Waals surface area (Å²) in [4.78, 5) is 14.8. The molecule has 2 aromatic rings. The Morgan fingerprint density at radius 3 is 2.52 bits per heavy atom. The number of aryl methyl sites for hydroxylation is 1. The number of benzene rings is 2. The molecule has 0 bridgehead atoms. The molecule has 2 aromatic carbocycles. The van der Waals surface area contributed by atoms with E-state index in [9.17, 15) is 13.2 Å². The van der Waals surface area contributed by atoms with Crippen LogP contribution >= 0.6 is 11.6 Å². The van der Waals surface area contributed by atoms with Gasteiger partial charge in [0.2, 0.25) is 0 Å². The zero-order valence-corrected chi connectivity index (χ0v) is 15.6. The van der Waals surface area contributed by atoms with Crippen LogP contribution in [0, 0.1) is 6.92 Å². The Balaban J connectivity index is 1.91. The second kappa shape index (κ2) is 7.18. The normalized spacial score (nSPS) is 18.9. The van der Waals surface area contributed by atoms with Crippen LogP contribution in [0.15, 0.2) is 48.5 Å². The van der Waals surface area contributed by atoms with Gasteiger partial charge in [0.05, 0.1) is 11.5 Å². The highest BCUT2D eigenvalue weighted by atomic mass is 35.5. The predicted molar refractivity (Wildman–Crippen MR) is 99.6 cm³/mol. The van der Waals surface area contributed by atoms with Crippen LogP contribution in [-0.4, -0.2) is 36.8 Å². The molecule has 1 fully saturated rings. The lowest BCUT2D eigenvalue weighted by atomic mass is 10.1. The number of halogens is 1. The zero-order chi connectivity index (χ0) is 18.0. The molecule has 132 valence electrons. The largest absolute Gasteiger partial charge is 0.330 e. The Bertz CT molecular complexity index is 878. The maximum atomic E-state index is 13.1. The second-order valence-corrected chi connectivity index (χ2v) is 9.15. The number of hydrogen-bond acceptors (Lipinski definition) is 3. The molecule has 4 nitrogen and oxygen atoms in total. The van der Waals surface area contributed by atoms with Gasteiger partial charge in [-0.2, -0.15) is 0 Å². The Hall–Kier alpha value is -1.85. The van der Waals surface area contributed by atoms with Crippen LogP contribution in [0.25, 0.3) is 0 Å². The molecule has 1 heterocycles. The Labute approximate surface area is 153 Å². The molecular weight excluding hydrogens is 358 g/mol. The number of hydrogen-bond donors (Lipinski definition) is 0. The number of amides is 1. The van der Waals surface area contributed by atoms with E-state index >= 15 is 0 Å². The Kier molecular flexibility index (Phi) is 5.16. The van der Waals surface area contributed by atoms with Gasteiger partial charge in [0.1, 0.15) is 0 Å². The quantitative estimate of drug-likeness (QED) is 0.819. The molecule has 1 unspecified atom stereocenters. The molecule has 1 aliphatic rings. The fourth-order valence-corrected chi connectivity index (χ4v) is 4.98. The molecule has 1 aliphatic heterocycles. The van der Waals surface area contributed by atoms with Crippen molar-refractivity contribution in [1.82, 2.24) is 4.90 Å². The molecule has 6 heteroatoms. The van der Waals surface area contributed by atoms with E-state index in [1.165, 1.54) is 0 Å². The van der Waals surface area contributed by atoms with Crippen molar-refractivity contribution in [3.63, 3.8) is 0 Å². The average Bonchev–Trinajstić information content (AvgIpc) is 2.93. The summed E-state index contributed by atoms with van der Waals surface area (Å²) in [6, 6.07) is 14.4. The van der Waals surface area contributed by atoms with E-state index in [4.69, 9.17) is 11.6 Å². The lowest BCUT2D eigenvalue weighted by Crippen LogP contribution is -2.40. The average molecular weight is 378 g/mol. The topological polar surface area (TPSA) is 54.5 Å². The summed E-state index contributed by atoms with van der Waals surface area (Å²) in [7, 11) is -3.08. The van der Waals surface area contributed by atoms with Crippen LogP contribution in [-0.2, 0) is 16.4 Å². The van der Waals surface area contributed by atoms with Gasteiger partial charge in [0.15, 0.2) is 9.84 Å². The van der Waals surface area contributed by atoms with Crippen LogP contribution in [0.2, 0.25) is 5.02 Å². The lowest BCUT2D eigenvalue weighted by Gasteiger charge is -2.28. The monoisotopic (exact) mass is 377 g/mol. The third-order valence-electron chi connectivity index (χ3n) is 4.44. The van der Waals surface area contributed by atoms with E-state index < -0.39 is 9.84 Å². The standard InChI is InChI=1S/C19H20ClNO3S/c1-14-3-2-4-16(11-14)19(22)21(18-9-10-25(23,24)13-18)12-15-5-7-17(20)8-6-15/h2-8,11,18H,9-10,12-13H2,1H3. The SMILES string of the molecule is Cc1cccc(C(=O)N(Cc2ccc(Cl)cc2)C2CCS(=O)(=O)C2)c1. The minimum Gasteiger partial charge on any atom is -0.330 e. The maximum Gasteiger partial charge on any atom is 0.254 e. The minimum absolute atomic E-state index is 0.0259. The summed E-state index contributed by atoms with van der Waals surface area (Å²) < 4.78 is 23.8. The van der Waals surface area contributed by atoms with Gasteiger partial charge >= 0.3 is 0 Å². The van der Waals surface area contributed by atoms with Crippen LogP contribution in [0.1, 0.15) is 27.9 Å². The van der Waals surface area contributed by atoms with Gasteiger partial charge in [-0.15, -0.1) is 0 Å². The highest BCUT2D eigenvalue weighted by Crippen LogP contribution is 2.23. The first-order valence-electron chi connectivity index (χ1n) is 8.16. The Morgan fingerprint density at radius 2 is 1.92 bits per heavy atom. The van der Waals surface area contributed by atoms with Crippen molar-refractivity contribution in [2.75, 3.05) is 11.5 Å². The summed E-state index contributed by atoms with van der Waals surface area (Å²) in [5.41, 5.74) is 2.50. The van der Waals surface area contributed by atoms with Crippen LogP contribution < -0.4 is 0 Å². The molecule has 0 aliphatic carbocycles. The van der Waals surface area contributed by atoms with Crippen molar-refractivity contribution < 1.29 is 13.2 Å². The van der Waals surface area contributed by atoms with E-state index in [1.54, 1.807) is 23.1 Å². The smallest absolute Gasteiger partial charge is 0.254 e. The summed E-state index contributed by atoms with van der Waals surface area (Å²) in [5, 5.41) is 0.628. The van der Waals surface area contributed by atoms with Gasteiger partial charge in [-0.3, -0.25) is 4.79 Å². The van der Waals surface area contributed by atoms with Crippen molar-refractivity contribution in [3.8, 4) is 0 Å². The molecule has 1 atom stereocenters. The van der Waals surface area contributed by atoms with Gasteiger partial charge in [-0.1, -0.05) is 41.4 Å². The van der Waals surface area contributed by atoms with E-state index in [0.29, 0.717) is 23.6 Å². The lowest BCUT2D eigenvalue weighted by molar-refractivity contribution is 0.0681. The number of carbonyl (C=O) groups is 1. The fourth-order valence-electron chi connectivity index (χ4n) is 3.12. The summed E-state index contributed by atoms with van der Waals surface area (Å²) in [6.07, 6.45) is 0.480. The van der Waals surface area contributed by atoms with Crippen molar-refractivity contribution in [3.05, 3.63) is 70.2 Å². The molecule has 1 saturated heterocycles. The number of rotatable bonds is 4. The summed E-state index contributed by atoms with van der Waals surface area (Å²) in [5.74, 6) is 0.0225. The third kappa shape index (κ3) is 4.41. The molecule has 1 amide bonds. The highest BCUT2D eigenvalue weighted by molar-refractivity contribution is 7.91. The summed E-state index contributed by atoms with van der Waals surface area (Å²) >= 11 is 5.93. The fraction of sp³-hybridized carbons (Fsp3) is 0.316. The van der Waals surface area contributed by atoms with E-state index in [1.807, 2.05) is 37.3 Å². The summed E-state index contributed by atoms with van der Waals surface area (Å²) in [6.45, 7) is 2.30. The third-order valence-corrected chi connectivity index (χ3v) is 6.44. The molecule has 0 aromatic heterocycles. The van der Waals surface area contributed by atoms with Gasteiger partial charge < -0.3 is 4.90 Å². The first-order chi connectivity index (χ1) is 11.8. The molecule has 0 spiro atoms. The van der Waals surface area contributed by atoms with Gasteiger partial charge in [-0.05, 0) is 43.2 Å². The van der Waals surface area contributed by atoms with E-state index in [2.05, 4.69) is 0 Å². The van der Waals surface area contributed by atoms with Gasteiger partial charge in [0, 0.05) is 23.2 Å². The molecule has 0 N–H and O–H groups in total. The van der Waals surface area contributed by atoms with Crippen molar-refractivity contribution in [2.24, 2.45) is 0 Å². The molecule has 3 rings (SSSR count). The number of carbonyl (C=O) groups excluding carboxylic acids is 1. The minimum atomic E-state index is -3.08. The highest BCUT2D eigenvalue weighted by Gasteiger charge is 2.35. The predicted octanol–water partition coefficient (Wildman–Crippen LogP) is 3.48. The first kappa shape index (κ1) is 18.0. The van der Waals surface area contributed by atoms with Crippen molar-refractivity contribution in [1.29, 1.82) is 0 Å². The van der Waals surface area contributed by atoms with E-state index in [-0.39, 0.29) is 23.5 Å². The zero-order valence-electron chi connectivity index (χ0n) is 14.0. The number of nitrogens with zero attached hydrogens (tertiary/aromatic N) is 1. The maximum absolute atomic E-state index is 13.1. The number of sulfone groups is 1. The van der Waals surface area contributed by atoms with Crippen molar-refractivity contribution in [2.45, 2.75) is 25.9 Å². The molecular formula is C19H20ClNO3S. The van der Waals surface area contributed by atoms with Crippen molar-refractivity contribution >= 4 is 27.3 Å². The second-order valence-electron chi connectivity index (χ2n) is 6.49. The van der Waals surface area contributed by atoms with Crippen LogP contribution in [0.5, 0.6) is 0 Å². The van der Waals surface area contributed by atoms with E-state index in [0.717, 1.165) is 11.1 Å². The van der Waals surface area contributed by atoms with Gasteiger partial charge in [-0.25, -0.2) is 8.42 Å². The van der Waals surface area contributed by atoms with Crippen LogP contribution in [0.3, 0.4) is 0 Å².